The molecule has 0 aliphatic carbocycles. The van der Waals surface area contributed by atoms with Gasteiger partial charge in [-0.25, -0.2) is 0 Å². The van der Waals surface area contributed by atoms with Crippen LogP contribution in [0.15, 0.2) is 18.2 Å². The van der Waals surface area contributed by atoms with E-state index in [-0.39, 0.29) is 11.6 Å². The van der Waals surface area contributed by atoms with Crippen LogP contribution in [0.5, 0.6) is 5.75 Å². The Balaban J connectivity index is 2.77. The van der Waals surface area contributed by atoms with Gasteiger partial charge in [-0.3, -0.25) is 0 Å². The first-order chi connectivity index (χ1) is 9.85. The van der Waals surface area contributed by atoms with Gasteiger partial charge in [0.2, 0.25) is 0 Å². The molecule has 0 amide bonds. The second-order valence-corrected chi connectivity index (χ2v) is 6.67. The van der Waals surface area contributed by atoms with Crippen LogP contribution >= 0.6 is 11.6 Å². The third-order valence-electron chi connectivity index (χ3n) is 3.11. The second-order valence-electron chi connectivity index (χ2n) is 6.23. The molecule has 1 N–H and O–H groups in total. The number of rotatable bonds is 8. The van der Waals surface area contributed by atoms with Crippen molar-refractivity contribution in [3.8, 4) is 5.75 Å². The fraction of sp³-hybridized carbons (Fsp3) is 0.647. The summed E-state index contributed by atoms with van der Waals surface area (Å²) in [6.07, 6.45) is 1.93. The van der Waals surface area contributed by atoms with Gasteiger partial charge in [0.05, 0.1) is 19.3 Å². The average Bonchev–Trinajstić information content (AvgIpc) is 2.41. The van der Waals surface area contributed by atoms with Crippen molar-refractivity contribution >= 4 is 11.6 Å². The predicted octanol–water partition coefficient (Wildman–Crippen LogP) is 4.07. The Bertz CT molecular complexity index is 429. The highest BCUT2D eigenvalue weighted by atomic mass is 35.5. The summed E-state index contributed by atoms with van der Waals surface area (Å²) in [5.74, 6) is 0.874. The molecule has 0 fully saturated rings. The van der Waals surface area contributed by atoms with Gasteiger partial charge < -0.3 is 14.8 Å². The van der Waals surface area contributed by atoms with E-state index < -0.39 is 0 Å². The smallest absolute Gasteiger partial charge is 0.122 e. The molecule has 0 aliphatic heterocycles. The SMILES string of the molecule is CCCNC(COC(C)(C)C)Cc1cc(Cl)ccc1OC. The third kappa shape index (κ3) is 7.16. The van der Waals surface area contributed by atoms with E-state index in [2.05, 4.69) is 33.0 Å². The molecule has 0 bridgehead atoms. The summed E-state index contributed by atoms with van der Waals surface area (Å²) >= 11 is 6.10. The first-order valence-corrected chi connectivity index (χ1v) is 7.93. The third-order valence-corrected chi connectivity index (χ3v) is 3.34. The van der Waals surface area contributed by atoms with E-state index in [1.807, 2.05) is 18.2 Å². The van der Waals surface area contributed by atoms with Crippen LogP contribution in [-0.2, 0) is 11.2 Å². The first kappa shape index (κ1) is 18.3. The topological polar surface area (TPSA) is 30.5 Å². The summed E-state index contributed by atoms with van der Waals surface area (Å²) in [4.78, 5) is 0. The molecular formula is C17H28ClNO2. The Morgan fingerprint density at radius 1 is 1.29 bits per heavy atom. The monoisotopic (exact) mass is 313 g/mol. The van der Waals surface area contributed by atoms with Crippen molar-refractivity contribution in [2.75, 3.05) is 20.3 Å². The lowest BCUT2D eigenvalue weighted by molar-refractivity contribution is -0.0143. The van der Waals surface area contributed by atoms with Gasteiger partial charge in [0.1, 0.15) is 5.75 Å². The van der Waals surface area contributed by atoms with Crippen LogP contribution in [0.3, 0.4) is 0 Å². The highest BCUT2D eigenvalue weighted by Gasteiger charge is 2.17. The fourth-order valence-electron chi connectivity index (χ4n) is 2.06. The average molecular weight is 314 g/mol. The van der Waals surface area contributed by atoms with E-state index >= 15 is 0 Å². The normalized spacial score (nSPS) is 13.2. The number of methoxy groups -OCH3 is 1. The molecule has 4 heteroatoms. The van der Waals surface area contributed by atoms with Crippen molar-refractivity contribution in [1.29, 1.82) is 0 Å². The van der Waals surface area contributed by atoms with Gasteiger partial charge in [-0.1, -0.05) is 18.5 Å². The van der Waals surface area contributed by atoms with Gasteiger partial charge in [0, 0.05) is 11.1 Å². The summed E-state index contributed by atoms with van der Waals surface area (Å²) in [5.41, 5.74) is 0.973. The van der Waals surface area contributed by atoms with Crippen molar-refractivity contribution in [3.63, 3.8) is 0 Å². The van der Waals surface area contributed by atoms with E-state index in [1.165, 1.54) is 0 Å². The van der Waals surface area contributed by atoms with E-state index in [4.69, 9.17) is 21.1 Å². The standard InChI is InChI=1S/C17H28ClNO2/c1-6-9-19-15(12-21-17(2,3)4)11-13-10-14(18)7-8-16(13)20-5/h7-8,10,15,19H,6,9,11-12H2,1-5H3. The van der Waals surface area contributed by atoms with Crippen LogP contribution in [0, 0.1) is 0 Å². The van der Waals surface area contributed by atoms with Gasteiger partial charge in [0.25, 0.3) is 0 Å². The minimum atomic E-state index is -0.134. The molecule has 0 heterocycles. The van der Waals surface area contributed by atoms with Crippen LogP contribution in [-0.4, -0.2) is 31.9 Å². The summed E-state index contributed by atoms with van der Waals surface area (Å²) in [5, 5.41) is 4.27. The van der Waals surface area contributed by atoms with E-state index in [9.17, 15) is 0 Å². The molecule has 0 aromatic heterocycles. The Hall–Kier alpha value is -0.770. The lowest BCUT2D eigenvalue weighted by Crippen LogP contribution is -2.38. The molecule has 0 radical (unpaired) electrons. The Kier molecular flexibility index (Phi) is 7.50. The van der Waals surface area contributed by atoms with E-state index in [1.54, 1.807) is 7.11 Å². The Morgan fingerprint density at radius 2 is 2.00 bits per heavy atom. The highest BCUT2D eigenvalue weighted by molar-refractivity contribution is 6.30. The zero-order valence-electron chi connectivity index (χ0n) is 13.8. The zero-order chi connectivity index (χ0) is 15.9. The van der Waals surface area contributed by atoms with Gasteiger partial charge in [0.15, 0.2) is 0 Å². The molecule has 120 valence electrons. The summed E-state index contributed by atoms with van der Waals surface area (Å²) in [6.45, 7) is 10.0. The Morgan fingerprint density at radius 3 is 2.57 bits per heavy atom. The minimum absolute atomic E-state index is 0.134. The molecular weight excluding hydrogens is 286 g/mol. The number of halogens is 1. The zero-order valence-corrected chi connectivity index (χ0v) is 14.6. The molecule has 21 heavy (non-hydrogen) atoms. The number of benzene rings is 1. The van der Waals surface area contributed by atoms with E-state index in [0.29, 0.717) is 6.61 Å². The molecule has 0 spiro atoms. The van der Waals surface area contributed by atoms with Gasteiger partial charge in [-0.2, -0.15) is 0 Å². The number of hydrogen-bond acceptors (Lipinski definition) is 3. The molecule has 0 saturated carbocycles. The molecule has 0 aliphatic rings. The van der Waals surface area contributed by atoms with Crippen LogP contribution in [0.1, 0.15) is 39.7 Å². The largest absolute Gasteiger partial charge is 0.496 e. The van der Waals surface area contributed by atoms with Crippen LogP contribution in [0.25, 0.3) is 0 Å². The van der Waals surface area contributed by atoms with Gasteiger partial charge >= 0.3 is 0 Å². The second kappa shape index (κ2) is 8.62. The lowest BCUT2D eigenvalue weighted by atomic mass is 10.0. The maximum Gasteiger partial charge on any atom is 0.122 e. The summed E-state index contributed by atoms with van der Waals surface area (Å²) in [7, 11) is 1.69. The molecule has 1 aromatic rings. The van der Waals surface area contributed by atoms with Gasteiger partial charge in [-0.05, 0) is 63.9 Å². The minimum Gasteiger partial charge on any atom is -0.496 e. The van der Waals surface area contributed by atoms with Crippen molar-refractivity contribution < 1.29 is 9.47 Å². The summed E-state index contributed by atoms with van der Waals surface area (Å²) in [6, 6.07) is 5.98. The first-order valence-electron chi connectivity index (χ1n) is 7.55. The molecule has 1 unspecified atom stereocenters. The molecule has 0 saturated heterocycles. The number of nitrogens with one attached hydrogen (secondary N) is 1. The number of hydrogen-bond donors (Lipinski definition) is 1. The molecule has 1 atom stereocenters. The van der Waals surface area contributed by atoms with Gasteiger partial charge in [-0.15, -0.1) is 0 Å². The van der Waals surface area contributed by atoms with E-state index in [0.717, 1.165) is 35.7 Å². The Labute approximate surface area is 134 Å². The van der Waals surface area contributed by atoms with Crippen molar-refractivity contribution in [2.24, 2.45) is 0 Å². The maximum absolute atomic E-state index is 6.10. The number of ether oxygens (including phenoxy) is 2. The molecule has 3 nitrogen and oxygen atoms in total. The van der Waals surface area contributed by atoms with Crippen molar-refractivity contribution in [1.82, 2.24) is 5.32 Å². The summed E-state index contributed by atoms with van der Waals surface area (Å²) < 4.78 is 11.4. The van der Waals surface area contributed by atoms with Crippen molar-refractivity contribution in [2.45, 2.75) is 52.2 Å². The highest BCUT2D eigenvalue weighted by Crippen LogP contribution is 2.24. The van der Waals surface area contributed by atoms with Crippen LogP contribution in [0.2, 0.25) is 5.02 Å². The maximum atomic E-state index is 6.10. The lowest BCUT2D eigenvalue weighted by Gasteiger charge is -2.26. The fourth-order valence-corrected chi connectivity index (χ4v) is 2.26. The molecule has 1 aromatic carbocycles. The van der Waals surface area contributed by atoms with Crippen molar-refractivity contribution in [3.05, 3.63) is 28.8 Å². The predicted molar refractivity (Wildman–Crippen MR) is 89.5 cm³/mol. The van der Waals surface area contributed by atoms with Crippen LogP contribution < -0.4 is 10.1 Å². The molecule has 1 rings (SSSR count). The quantitative estimate of drug-likeness (QED) is 0.784. The van der Waals surface area contributed by atoms with Crippen LogP contribution in [0.4, 0.5) is 0 Å².